The molecular formula is C8H2BrF5N4. The minimum atomic E-state index is -2.25. The number of anilines is 1. The second kappa shape index (κ2) is 4.19. The van der Waals surface area contributed by atoms with E-state index < -0.39 is 40.7 Å². The number of nitrogens with two attached hydrogens (primary N) is 1. The largest absolute Gasteiger partial charge is 0.366 e. The van der Waals surface area contributed by atoms with Crippen LogP contribution in [0.3, 0.4) is 0 Å². The maximum Gasteiger partial charge on any atom is 0.240 e. The monoisotopic (exact) mass is 328 g/mol. The van der Waals surface area contributed by atoms with Gasteiger partial charge in [0.05, 0.1) is 0 Å². The standard InChI is InChI=1S/C8H2BrF5N4/c9-7-16-8(15)17-18(7)6-4(13)2(11)1(10)3(12)5(6)14/h(H2,15,17). The molecule has 10 heteroatoms. The van der Waals surface area contributed by atoms with E-state index in [1.54, 1.807) is 0 Å². The molecule has 1 heterocycles. The van der Waals surface area contributed by atoms with Crippen LogP contribution in [0.2, 0.25) is 0 Å². The summed E-state index contributed by atoms with van der Waals surface area (Å²) in [5.41, 5.74) is 3.88. The van der Waals surface area contributed by atoms with Gasteiger partial charge in [0.15, 0.2) is 23.3 Å². The molecule has 0 amide bonds. The molecular weight excluding hydrogens is 327 g/mol. The van der Waals surface area contributed by atoms with E-state index in [4.69, 9.17) is 5.73 Å². The molecule has 2 N–H and O–H groups in total. The number of aromatic nitrogens is 3. The highest BCUT2D eigenvalue weighted by atomic mass is 79.9. The van der Waals surface area contributed by atoms with Crippen LogP contribution in [0.5, 0.6) is 0 Å². The highest BCUT2D eigenvalue weighted by Gasteiger charge is 2.28. The summed E-state index contributed by atoms with van der Waals surface area (Å²) in [5.74, 6) is -10.9. The van der Waals surface area contributed by atoms with Crippen LogP contribution in [0.15, 0.2) is 4.73 Å². The van der Waals surface area contributed by atoms with Crippen molar-refractivity contribution in [2.75, 3.05) is 5.73 Å². The Balaban J connectivity index is 2.84. The maximum atomic E-state index is 13.4. The first-order chi connectivity index (χ1) is 8.34. The number of hydrogen-bond acceptors (Lipinski definition) is 3. The van der Waals surface area contributed by atoms with E-state index in [0.29, 0.717) is 4.68 Å². The van der Waals surface area contributed by atoms with Gasteiger partial charge in [-0.25, -0.2) is 22.0 Å². The van der Waals surface area contributed by atoms with Crippen molar-refractivity contribution in [2.24, 2.45) is 0 Å². The number of rotatable bonds is 1. The SMILES string of the molecule is Nc1nc(Br)n(-c2c(F)c(F)c(F)c(F)c2F)n1. The van der Waals surface area contributed by atoms with E-state index in [2.05, 4.69) is 26.0 Å². The van der Waals surface area contributed by atoms with E-state index >= 15 is 0 Å². The zero-order chi connectivity index (χ0) is 13.6. The third-order valence-corrected chi connectivity index (χ3v) is 2.50. The van der Waals surface area contributed by atoms with Gasteiger partial charge < -0.3 is 5.73 Å². The van der Waals surface area contributed by atoms with Gasteiger partial charge in [-0.15, -0.1) is 5.10 Å². The Morgan fingerprint density at radius 3 is 1.72 bits per heavy atom. The van der Waals surface area contributed by atoms with Gasteiger partial charge in [0.1, 0.15) is 5.69 Å². The Morgan fingerprint density at radius 1 is 0.889 bits per heavy atom. The zero-order valence-corrected chi connectivity index (χ0v) is 9.77. The van der Waals surface area contributed by atoms with Crippen LogP contribution in [-0.2, 0) is 0 Å². The quantitative estimate of drug-likeness (QED) is 0.496. The first-order valence-corrected chi connectivity index (χ1v) is 5.03. The van der Waals surface area contributed by atoms with Crippen molar-refractivity contribution in [3.8, 4) is 5.69 Å². The lowest BCUT2D eigenvalue weighted by atomic mass is 10.2. The predicted molar refractivity (Wildman–Crippen MR) is 53.3 cm³/mol. The van der Waals surface area contributed by atoms with E-state index in [1.807, 2.05) is 0 Å². The molecule has 2 aromatic rings. The van der Waals surface area contributed by atoms with Gasteiger partial charge in [-0.3, -0.25) is 0 Å². The van der Waals surface area contributed by atoms with Gasteiger partial charge in [-0.2, -0.15) is 9.67 Å². The summed E-state index contributed by atoms with van der Waals surface area (Å²) in [7, 11) is 0. The lowest BCUT2D eigenvalue weighted by molar-refractivity contribution is 0.373. The molecule has 96 valence electrons. The first-order valence-electron chi connectivity index (χ1n) is 4.24. The fourth-order valence-corrected chi connectivity index (χ4v) is 1.67. The molecule has 18 heavy (non-hydrogen) atoms. The zero-order valence-electron chi connectivity index (χ0n) is 8.19. The van der Waals surface area contributed by atoms with E-state index in [9.17, 15) is 22.0 Å². The summed E-state index contributed by atoms with van der Waals surface area (Å²) >= 11 is 2.73. The first kappa shape index (κ1) is 12.7. The van der Waals surface area contributed by atoms with Crippen LogP contribution in [0.25, 0.3) is 5.69 Å². The highest BCUT2D eigenvalue weighted by molar-refractivity contribution is 9.10. The van der Waals surface area contributed by atoms with Crippen LogP contribution in [0.4, 0.5) is 27.9 Å². The maximum absolute atomic E-state index is 13.4. The minimum absolute atomic E-state index is 0.303. The van der Waals surface area contributed by atoms with Crippen LogP contribution >= 0.6 is 15.9 Å². The Kier molecular flexibility index (Phi) is 2.97. The molecule has 0 aliphatic heterocycles. The summed E-state index contributed by atoms with van der Waals surface area (Å²) < 4.78 is 65.6. The van der Waals surface area contributed by atoms with E-state index in [-0.39, 0.29) is 4.73 Å². The van der Waals surface area contributed by atoms with Crippen LogP contribution < -0.4 is 5.73 Å². The molecule has 0 atom stereocenters. The van der Waals surface area contributed by atoms with Crippen molar-refractivity contribution in [1.29, 1.82) is 0 Å². The predicted octanol–water partition coefficient (Wildman–Crippen LogP) is 2.31. The molecule has 0 radical (unpaired) electrons. The van der Waals surface area contributed by atoms with Crippen molar-refractivity contribution in [1.82, 2.24) is 14.8 Å². The Morgan fingerprint density at radius 2 is 1.33 bits per heavy atom. The lowest BCUT2D eigenvalue weighted by Gasteiger charge is -2.07. The third-order valence-electron chi connectivity index (χ3n) is 1.98. The summed E-state index contributed by atoms with van der Waals surface area (Å²) in [5, 5.41) is 3.31. The van der Waals surface area contributed by atoms with E-state index in [1.165, 1.54) is 0 Å². The number of benzene rings is 1. The van der Waals surface area contributed by atoms with Crippen molar-refractivity contribution in [2.45, 2.75) is 0 Å². The second-order valence-electron chi connectivity index (χ2n) is 3.07. The molecule has 1 aromatic heterocycles. The number of hydrogen-bond donors (Lipinski definition) is 1. The van der Waals surface area contributed by atoms with Gasteiger partial charge in [0.2, 0.25) is 16.5 Å². The van der Waals surface area contributed by atoms with Crippen molar-refractivity contribution in [3.05, 3.63) is 33.8 Å². The highest BCUT2D eigenvalue weighted by Crippen LogP contribution is 2.27. The van der Waals surface area contributed by atoms with Crippen molar-refractivity contribution in [3.63, 3.8) is 0 Å². The molecule has 4 nitrogen and oxygen atoms in total. The molecule has 0 saturated carbocycles. The van der Waals surface area contributed by atoms with Crippen molar-refractivity contribution >= 4 is 21.9 Å². The van der Waals surface area contributed by atoms with Gasteiger partial charge in [-0.05, 0) is 15.9 Å². The Hall–Kier alpha value is -1.71. The van der Waals surface area contributed by atoms with Crippen LogP contribution in [0, 0.1) is 29.1 Å². The Bertz CT molecular complexity index is 612. The molecule has 0 aliphatic rings. The summed E-state index contributed by atoms with van der Waals surface area (Å²) in [6, 6.07) is 0. The molecule has 0 aliphatic carbocycles. The third kappa shape index (κ3) is 1.72. The molecule has 2 rings (SSSR count). The molecule has 0 fully saturated rings. The summed E-state index contributed by atoms with van der Waals surface area (Å²) in [6.45, 7) is 0. The molecule has 0 saturated heterocycles. The fraction of sp³-hybridized carbons (Fsp3) is 0. The van der Waals surface area contributed by atoms with E-state index in [0.717, 1.165) is 0 Å². The molecule has 0 unspecified atom stereocenters. The minimum Gasteiger partial charge on any atom is -0.366 e. The Labute approximate surface area is 104 Å². The number of nitrogen functional groups attached to an aromatic ring is 1. The average molecular weight is 329 g/mol. The smallest absolute Gasteiger partial charge is 0.240 e. The normalized spacial score (nSPS) is 11.0. The summed E-state index contributed by atoms with van der Waals surface area (Å²) in [6.07, 6.45) is 0. The topological polar surface area (TPSA) is 56.7 Å². The van der Waals surface area contributed by atoms with Gasteiger partial charge in [-0.1, -0.05) is 0 Å². The molecule has 0 spiro atoms. The van der Waals surface area contributed by atoms with Gasteiger partial charge >= 0.3 is 0 Å². The van der Waals surface area contributed by atoms with Gasteiger partial charge in [0.25, 0.3) is 0 Å². The average Bonchev–Trinajstić information content (AvgIpc) is 2.64. The molecule has 0 bridgehead atoms. The fourth-order valence-electron chi connectivity index (χ4n) is 1.23. The second-order valence-corrected chi connectivity index (χ2v) is 3.78. The molecule has 1 aromatic carbocycles. The summed E-state index contributed by atoms with van der Waals surface area (Å²) in [4.78, 5) is 3.43. The number of halogens is 6. The number of nitrogens with zero attached hydrogens (tertiary/aromatic N) is 3. The van der Waals surface area contributed by atoms with Crippen molar-refractivity contribution < 1.29 is 22.0 Å². The van der Waals surface area contributed by atoms with Crippen LogP contribution in [-0.4, -0.2) is 14.8 Å². The lowest BCUT2D eigenvalue weighted by Crippen LogP contribution is -2.11. The van der Waals surface area contributed by atoms with Crippen LogP contribution in [0.1, 0.15) is 0 Å². The van der Waals surface area contributed by atoms with Gasteiger partial charge in [0, 0.05) is 0 Å².